The third-order valence-electron chi connectivity index (χ3n) is 6.26. The summed E-state index contributed by atoms with van der Waals surface area (Å²) in [5.41, 5.74) is 2.86. The molecule has 0 saturated heterocycles. The Morgan fingerprint density at radius 2 is 1.92 bits per heavy atom. The molecule has 1 unspecified atom stereocenters. The van der Waals surface area contributed by atoms with Crippen LogP contribution in [0.15, 0.2) is 67.1 Å². The lowest BCUT2D eigenvalue weighted by molar-refractivity contribution is 0.586. The highest BCUT2D eigenvalue weighted by Gasteiger charge is 2.36. The summed E-state index contributed by atoms with van der Waals surface area (Å²) >= 11 is 0. The Kier molecular flexibility index (Phi) is 5.04. The number of anilines is 2. The summed E-state index contributed by atoms with van der Waals surface area (Å²) in [5, 5.41) is 18.3. The summed E-state index contributed by atoms with van der Waals surface area (Å²) in [5.74, 6) is 2.88. The fraction of sp³-hybridized carbons (Fsp3) is 0.154. The van der Waals surface area contributed by atoms with Gasteiger partial charge in [-0.1, -0.05) is 13.0 Å². The van der Waals surface area contributed by atoms with Crippen molar-refractivity contribution in [2.24, 2.45) is 0 Å². The monoisotopic (exact) mass is 477 g/mol. The second kappa shape index (κ2) is 8.39. The standard InChI is InChI=1S/C26H20FN9/c1-3-21-25-33-32-16(2)35(25)22-15-30-26(31-24(22)36(21)20-6-4-5-17(13-20)14-28)34-12-11-29-23(34)18-7-9-19(27)10-8-18/h4-13,15,21H,3H2,1-2H3. The van der Waals surface area contributed by atoms with E-state index in [0.717, 1.165) is 35.0 Å². The number of halogens is 1. The Morgan fingerprint density at radius 1 is 1.08 bits per heavy atom. The molecule has 36 heavy (non-hydrogen) atoms. The summed E-state index contributed by atoms with van der Waals surface area (Å²) in [7, 11) is 0. The largest absolute Gasteiger partial charge is 0.314 e. The first-order valence-corrected chi connectivity index (χ1v) is 11.5. The number of fused-ring (bicyclic) bond motifs is 3. The molecule has 0 bridgehead atoms. The van der Waals surface area contributed by atoms with Crippen LogP contribution in [0.3, 0.4) is 0 Å². The second-order valence-electron chi connectivity index (χ2n) is 8.40. The number of hydrogen-bond donors (Lipinski definition) is 0. The van der Waals surface area contributed by atoms with Gasteiger partial charge in [0, 0.05) is 23.6 Å². The van der Waals surface area contributed by atoms with Crippen LogP contribution in [0.4, 0.5) is 15.9 Å². The van der Waals surface area contributed by atoms with Crippen LogP contribution >= 0.6 is 0 Å². The third-order valence-corrected chi connectivity index (χ3v) is 6.26. The van der Waals surface area contributed by atoms with Gasteiger partial charge < -0.3 is 4.90 Å². The first kappa shape index (κ1) is 21.6. The molecule has 176 valence electrons. The van der Waals surface area contributed by atoms with Gasteiger partial charge in [-0.15, -0.1) is 10.2 Å². The van der Waals surface area contributed by atoms with E-state index in [-0.39, 0.29) is 11.9 Å². The highest BCUT2D eigenvalue weighted by atomic mass is 19.1. The lowest BCUT2D eigenvalue weighted by Crippen LogP contribution is -2.33. The molecule has 4 heterocycles. The van der Waals surface area contributed by atoms with Crippen LogP contribution in [-0.2, 0) is 0 Å². The van der Waals surface area contributed by atoms with Gasteiger partial charge >= 0.3 is 0 Å². The summed E-state index contributed by atoms with van der Waals surface area (Å²) in [6.07, 6.45) is 5.92. The first-order valence-electron chi connectivity index (χ1n) is 11.5. The molecule has 0 amide bonds. The maximum atomic E-state index is 13.5. The molecule has 0 saturated carbocycles. The number of rotatable bonds is 4. The molecule has 0 aliphatic carbocycles. The molecule has 0 fully saturated rings. The number of nitrogens with zero attached hydrogens (tertiary/aromatic N) is 9. The summed E-state index contributed by atoms with van der Waals surface area (Å²) in [6, 6.07) is 15.6. The predicted octanol–water partition coefficient (Wildman–Crippen LogP) is 4.83. The highest BCUT2D eigenvalue weighted by Crippen LogP contribution is 2.43. The summed E-state index contributed by atoms with van der Waals surface area (Å²) < 4.78 is 17.3. The molecule has 1 atom stereocenters. The zero-order valence-electron chi connectivity index (χ0n) is 19.5. The maximum Gasteiger partial charge on any atom is 0.237 e. The van der Waals surface area contributed by atoms with Crippen molar-refractivity contribution >= 4 is 11.5 Å². The molecule has 3 aromatic heterocycles. The molecule has 9 nitrogen and oxygen atoms in total. The van der Waals surface area contributed by atoms with Crippen molar-refractivity contribution in [2.45, 2.75) is 26.3 Å². The van der Waals surface area contributed by atoms with Crippen molar-refractivity contribution in [3.63, 3.8) is 0 Å². The van der Waals surface area contributed by atoms with E-state index in [1.165, 1.54) is 12.1 Å². The second-order valence-corrected chi connectivity index (χ2v) is 8.40. The smallest absolute Gasteiger partial charge is 0.237 e. The molecule has 0 spiro atoms. The van der Waals surface area contributed by atoms with Crippen molar-refractivity contribution in [1.29, 1.82) is 5.26 Å². The fourth-order valence-electron chi connectivity index (χ4n) is 4.63. The van der Waals surface area contributed by atoms with Gasteiger partial charge in [-0.05, 0) is 55.8 Å². The lowest BCUT2D eigenvalue weighted by atomic mass is 10.1. The fourth-order valence-corrected chi connectivity index (χ4v) is 4.63. The number of aryl methyl sites for hydroxylation is 1. The number of benzene rings is 2. The molecule has 1 aliphatic heterocycles. The Hall–Kier alpha value is -4.91. The van der Waals surface area contributed by atoms with Crippen LogP contribution in [0.1, 0.15) is 36.6 Å². The van der Waals surface area contributed by atoms with Gasteiger partial charge in [-0.2, -0.15) is 10.2 Å². The van der Waals surface area contributed by atoms with Gasteiger partial charge in [-0.3, -0.25) is 9.13 Å². The van der Waals surface area contributed by atoms with Crippen molar-refractivity contribution in [2.75, 3.05) is 4.90 Å². The van der Waals surface area contributed by atoms with Crippen LogP contribution in [0.2, 0.25) is 0 Å². The predicted molar refractivity (Wildman–Crippen MR) is 131 cm³/mol. The molecule has 5 aromatic rings. The van der Waals surface area contributed by atoms with Gasteiger partial charge in [0.15, 0.2) is 11.6 Å². The number of imidazole rings is 1. The van der Waals surface area contributed by atoms with E-state index >= 15 is 0 Å². The Bertz CT molecular complexity index is 1630. The molecule has 0 radical (unpaired) electrons. The number of nitriles is 1. The van der Waals surface area contributed by atoms with E-state index in [1.54, 1.807) is 41.4 Å². The van der Waals surface area contributed by atoms with Crippen molar-refractivity contribution < 1.29 is 4.39 Å². The van der Waals surface area contributed by atoms with Gasteiger partial charge in [0.25, 0.3) is 0 Å². The van der Waals surface area contributed by atoms with E-state index in [1.807, 2.05) is 29.7 Å². The highest BCUT2D eigenvalue weighted by molar-refractivity contribution is 5.73. The molecule has 2 aromatic carbocycles. The van der Waals surface area contributed by atoms with Crippen LogP contribution < -0.4 is 4.90 Å². The average molecular weight is 478 g/mol. The SMILES string of the molecule is CCC1c2nnc(C)n2-c2cnc(-n3ccnc3-c3ccc(F)cc3)nc2N1c1cccc(C#N)c1. The Morgan fingerprint density at radius 3 is 2.69 bits per heavy atom. The number of aromatic nitrogens is 7. The van der Waals surface area contributed by atoms with Gasteiger partial charge in [0.1, 0.15) is 23.2 Å². The van der Waals surface area contributed by atoms with E-state index in [2.05, 4.69) is 38.1 Å². The molecule has 1 aliphatic rings. The minimum atomic E-state index is -0.317. The van der Waals surface area contributed by atoms with Gasteiger partial charge in [0.2, 0.25) is 5.95 Å². The third kappa shape index (κ3) is 3.32. The minimum absolute atomic E-state index is 0.158. The quantitative estimate of drug-likeness (QED) is 0.365. The van der Waals surface area contributed by atoms with Crippen molar-refractivity contribution in [3.8, 4) is 29.1 Å². The molecule has 6 rings (SSSR count). The maximum absolute atomic E-state index is 13.5. The minimum Gasteiger partial charge on any atom is -0.314 e. The van der Waals surface area contributed by atoms with Crippen LogP contribution in [0.25, 0.3) is 23.0 Å². The normalized spacial score (nSPS) is 14.3. The van der Waals surface area contributed by atoms with Gasteiger partial charge in [-0.25, -0.2) is 14.4 Å². The van der Waals surface area contributed by atoms with E-state index in [0.29, 0.717) is 23.2 Å². The number of hydrogen-bond acceptors (Lipinski definition) is 7. The molecule has 10 heteroatoms. The van der Waals surface area contributed by atoms with Crippen molar-refractivity contribution in [1.82, 2.24) is 34.3 Å². The van der Waals surface area contributed by atoms with E-state index in [9.17, 15) is 9.65 Å². The summed E-state index contributed by atoms with van der Waals surface area (Å²) in [4.78, 5) is 16.2. The first-order chi connectivity index (χ1) is 17.6. The average Bonchev–Trinajstić information content (AvgIpc) is 3.55. The van der Waals surface area contributed by atoms with Crippen LogP contribution in [0, 0.1) is 24.1 Å². The van der Waals surface area contributed by atoms with E-state index in [4.69, 9.17) is 4.98 Å². The Labute approximate surface area is 206 Å². The molecule has 0 N–H and O–H groups in total. The Balaban J connectivity index is 1.57. The molecular weight excluding hydrogens is 457 g/mol. The molecular formula is C26H20FN9. The lowest BCUT2D eigenvalue weighted by Gasteiger charge is -2.37. The van der Waals surface area contributed by atoms with Crippen LogP contribution in [-0.4, -0.2) is 34.3 Å². The van der Waals surface area contributed by atoms with Gasteiger partial charge in [0.05, 0.1) is 23.9 Å². The van der Waals surface area contributed by atoms with Crippen molar-refractivity contribution in [3.05, 3.63) is 90.2 Å². The zero-order valence-corrected chi connectivity index (χ0v) is 19.5. The zero-order chi connectivity index (χ0) is 24.8. The van der Waals surface area contributed by atoms with E-state index < -0.39 is 0 Å². The van der Waals surface area contributed by atoms with Crippen LogP contribution in [0.5, 0.6) is 0 Å². The topological polar surface area (TPSA) is 101 Å². The summed E-state index contributed by atoms with van der Waals surface area (Å²) in [6.45, 7) is 3.98.